The second-order valence-corrected chi connectivity index (χ2v) is 4.12. The molecule has 0 aromatic rings. The molecular weight excluding hydrogens is 200 g/mol. The van der Waals surface area contributed by atoms with E-state index in [4.69, 9.17) is 0 Å². The molecule has 0 aliphatic carbocycles. The molecule has 0 amide bonds. The Kier molecular flexibility index (Phi) is 8.17. The summed E-state index contributed by atoms with van der Waals surface area (Å²) in [5.41, 5.74) is 0. The van der Waals surface area contributed by atoms with Crippen molar-refractivity contribution in [2.45, 2.75) is 50.8 Å². The molecule has 0 aliphatic rings. The average molecular weight is 217 g/mol. The van der Waals surface area contributed by atoms with Crippen molar-refractivity contribution >= 4 is 15.9 Å². The van der Waals surface area contributed by atoms with Crippen LogP contribution in [0.4, 0.5) is 0 Å². The van der Waals surface area contributed by atoms with Crippen molar-refractivity contribution in [3.63, 3.8) is 0 Å². The van der Waals surface area contributed by atoms with Crippen molar-refractivity contribution in [1.29, 1.82) is 0 Å². The summed E-state index contributed by atoms with van der Waals surface area (Å²) in [5, 5.41) is 0. The minimum atomic E-state index is 0.355. The number of rotatable bonds is 4. The molecule has 0 saturated heterocycles. The first-order valence-corrected chi connectivity index (χ1v) is 5.31. The lowest BCUT2D eigenvalue weighted by Gasteiger charge is -1.92. The molecule has 0 radical (unpaired) electrons. The van der Waals surface area contributed by atoms with Crippen LogP contribution in [0.25, 0.3) is 0 Å². The van der Waals surface area contributed by atoms with Gasteiger partial charge in [-0.1, -0.05) is 48.0 Å². The number of halogens is 1. The maximum Gasteiger partial charge on any atom is 0.0726 e. The molecule has 0 aromatic carbocycles. The molecule has 0 heterocycles. The quantitative estimate of drug-likeness (QED) is 0.382. The fraction of sp³-hybridized carbons (Fsp3) is 0.800. The van der Waals surface area contributed by atoms with Crippen LogP contribution in [-0.4, -0.2) is 4.83 Å². The standard InChI is InChI=1S/C10H17Br/c1-3-4-5-6-7-8-9-10(2)11/h10H,3-7H2,1-2H3. The third-order valence-corrected chi connectivity index (χ3v) is 1.69. The Hall–Kier alpha value is 0.0400. The maximum absolute atomic E-state index is 3.38. The Balaban J connectivity index is 3.09. The van der Waals surface area contributed by atoms with Crippen LogP contribution in [0.3, 0.4) is 0 Å². The molecule has 0 saturated carbocycles. The highest BCUT2D eigenvalue weighted by molar-refractivity contribution is 9.09. The van der Waals surface area contributed by atoms with Gasteiger partial charge in [-0.15, -0.1) is 5.92 Å². The summed E-state index contributed by atoms with van der Waals surface area (Å²) in [6, 6.07) is 0. The van der Waals surface area contributed by atoms with Gasteiger partial charge in [0.2, 0.25) is 0 Å². The summed E-state index contributed by atoms with van der Waals surface area (Å²) in [6.07, 6.45) is 6.33. The van der Waals surface area contributed by atoms with Crippen LogP contribution >= 0.6 is 15.9 Å². The van der Waals surface area contributed by atoms with Crippen molar-refractivity contribution in [3.05, 3.63) is 0 Å². The second-order valence-electron chi connectivity index (χ2n) is 2.75. The van der Waals surface area contributed by atoms with E-state index in [1.807, 2.05) is 0 Å². The third-order valence-electron chi connectivity index (χ3n) is 1.46. The average Bonchev–Trinajstić information content (AvgIpc) is 1.96. The summed E-state index contributed by atoms with van der Waals surface area (Å²) in [6.45, 7) is 4.28. The van der Waals surface area contributed by atoms with Crippen molar-refractivity contribution < 1.29 is 0 Å². The van der Waals surface area contributed by atoms with Gasteiger partial charge < -0.3 is 0 Å². The zero-order chi connectivity index (χ0) is 8.53. The number of unbranched alkanes of at least 4 members (excludes halogenated alkanes) is 4. The van der Waals surface area contributed by atoms with E-state index in [0.717, 1.165) is 6.42 Å². The van der Waals surface area contributed by atoms with E-state index in [-0.39, 0.29) is 0 Å². The molecule has 0 aliphatic heterocycles. The highest BCUT2D eigenvalue weighted by Crippen LogP contribution is 2.01. The first-order valence-electron chi connectivity index (χ1n) is 4.39. The van der Waals surface area contributed by atoms with Crippen LogP contribution in [0.5, 0.6) is 0 Å². The minimum Gasteiger partial charge on any atom is -0.102 e. The van der Waals surface area contributed by atoms with Gasteiger partial charge in [0.1, 0.15) is 0 Å². The topological polar surface area (TPSA) is 0 Å². The van der Waals surface area contributed by atoms with Crippen LogP contribution < -0.4 is 0 Å². The van der Waals surface area contributed by atoms with Gasteiger partial charge in [0.05, 0.1) is 4.83 Å². The number of hydrogen-bond donors (Lipinski definition) is 0. The van der Waals surface area contributed by atoms with E-state index < -0.39 is 0 Å². The predicted molar refractivity (Wildman–Crippen MR) is 54.9 cm³/mol. The van der Waals surface area contributed by atoms with E-state index in [0.29, 0.717) is 4.83 Å². The van der Waals surface area contributed by atoms with Crippen LogP contribution in [-0.2, 0) is 0 Å². The predicted octanol–water partition coefficient (Wildman–Crippen LogP) is 3.74. The molecule has 0 rings (SSSR count). The van der Waals surface area contributed by atoms with Crippen LogP contribution in [0.2, 0.25) is 0 Å². The zero-order valence-corrected chi connectivity index (χ0v) is 9.08. The van der Waals surface area contributed by atoms with Gasteiger partial charge in [-0.05, 0) is 13.3 Å². The minimum absolute atomic E-state index is 0.355. The fourth-order valence-corrected chi connectivity index (χ4v) is 1.01. The lowest BCUT2D eigenvalue weighted by molar-refractivity contribution is 0.679. The van der Waals surface area contributed by atoms with E-state index >= 15 is 0 Å². The largest absolute Gasteiger partial charge is 0.102 e. The van der Waals surface area contributed by atoms with Crippen molar-refractivity contribution in [3.8, 4) is 11.8 Å². The zero-order valence-electron chi connectivity index (χ0n) is 7.49. The number of alkyl halides is 1. The van der Waals surface area contributed by atoms with Crippen LogP contribution in [0, 0.1) is 11.8 Å². The molecule has 1 heteroatoms. The van der Waals surface area contributed by atoms with E-state index in [1.54, 1.807) is 0 Å². The Morgan fingerprint density at radius 2 is 2.00 bits per heavy atom. The highest BCUT2D eigenvalue weighted by atomic mass is 79.9. The molecule has 64 valence electrons. The summed E-state index contributed by atoms with van der Waals surface area (Å²) >= 11 is 3.38. The van der Waals surface area contributed by atoms with Crippen molar-refractivity contribution in [1.82, 2.24) is 0 Å². The molecular formula is C10H17Br. The molecule has 1 unspecified atom stereocenters. The van der Waals surface area contributed by atoms with Gasteiger partial charge in [0.25, 0.3) is 0 Å². The van der Waals surface area contributed by atoms with Crippen molar-refractivity contribution in [2.24, 2.45) is 0 Å². The second kappa shape index (κ2) is 8.14. The maximum atomic E-state index is 3.38. The molecule has 1 atom stereocenters. The smallest absolute Gasteiger partial charge is 0.0726 e. The Morgan fingerprint density at radius 3 is 2.55 bits per heavy atom. The molecule has 0 nitrogen and oxygen atoms in total. The van der Waals surface area contributed by atoms with Gasteiger partial charge in [-0.3, -0.25) is 0 Å². The van der Waals surface area contributed by atoms with Gasteiger partial charge in [-0.2, -0.15) is 0 Å². The first-order chi connectivity index (χ1) is 5.27. The SMILES string of the molecule is CCCCCCC#CC(C)Br. The van der Waals surface area contributed by atoms with E-state index in [9.17, 15) is 0 Å². The molecule has 0 fully saturated rings. The third kappa shape index (κ3) is 10.0. The summed E-state index contributed by atoms with van der Waals surface area (Å²) < 4.78 is 0. The summed E-state index contributed by atoms with van der Waals surface area (Å²) in [5.74, 6) is 6.24. The van der Waals surface area contributed by atoms with E-state index in [1.165, 1.54) is 25.7 Å². The Labute approximate surface area is 78.9 Å². The van der Waals surface area contributed by atoms with E-state index in [2.05, 4.69) is 41.6 Å². The van der Waals surface area contributed by atoms with Crippen LogP contribution in [0.1, 0.15) is 46.0 Å². The summed E-state index contributed by atoms with van der Waals surface area (Å²) in [7, 11) is 0. The molecule has 0 N–H and O–H groups in total. The van der Waals surface area contributed by atoms with Crippen LogP contribution in [0.15, 0.2) is 0 Å². The fourth-order valence-electron chi connectivity index (χ4n) is 0.853. The summed E-state index contributed by atoms with van der Waals surface area (Å²) in [4.78, 5) is 0.355. The Bertz CT molecular complexity index is 128. The number of hydrogen-bond acceptors (Lipinski definition) is 0. The Morgan fingerprint density at radius 1 is 1.27 bits per heavy atom. The first kappa shape index (κ1) is 11.0. The molecule has 0 aromatic heterocycles. The normalized spacial score (nSPS) is 11.9. The molecule has 0 spiro atoms. The van der Waals surface area contributed by atoms with Gasteiger partial charge in [0.15, 0.2) is 0 Å². The van der Waals surface area contributed by atoms with Gasteiger partial charge in [-0.25, -0.2) is 0 Å². The molecule has 0 bridgehead atoms. The lowest BCUT2D eigenvalue weighted by atomic mass is 10.1. The van der Waals surface area contributed by atoms with Gasteiger partial charge >= 0.3 is 0 Å². The lowest BCUT2D eigenvalue weighted by Crippen LogP contribution is -1.80. The monoisotopic (exact) mass is 216 g/mol. The highest BCUT2D eigenvalue weighted by Gasteiger charge is 1.85. The molecule has 11 heavy (non-hydrogen) atoms. The van der Waals surface area contributed by atoms with Crippen molar-refractivity contribution in [2.75, 3.05) is 0 Å². The van der Waals surface area contributed by atoms with Gasteiger partial charge in [0, 0.05) is 6.42 Å².